The zero-order chi connectivity index (χ0) is 11.6. The van der Waals surface area contributed by atoms with Crippen LogP contribution in [0.4, 0.5) is 0 Å². The summed E-state index contributed by atoms with van der Waals surface area (Å²) in [6.45, 7) is 3.37. The second kappa shape index (κ2) is 4.22. The summed E-state index contributed by atoms with van der Waals surface area (Å²) in [6, 6.07) is 3.55. The van der Waals surface area contributed by atoms with Gasteiger partial charge in [-0.05, 0) is 29.9 Å². The molecule has 0 saturated heterocycles. The first kappa shape index (κ1) is 11.1. The second-order valence-electron chi connectivity index (χ2n) is 4.75. The van der Waals surface area contributed by atoms with Gasteiger partial charge >= 0.3 is 0 Å². The van der Waals surface area contributed by atoms with Gasteiger partial charge in [0.15, 0.2) is 0 Å². The molecule has 0 aromatic carbocycles. The molecule has 1 aromatic heterocycles. The number of carbonyl (C=O) groups is 1. The lowest BCUT2D eigenvalue weighted by atomic mass is 10.1. The van der Waals surface area contributed by atoms with E-state index in [1.165, 1.54) is 12.8 Å². The molecule has 1 amide bonds. The monoisotopic (exact) mass is 219 g/mol. The molecule has 1 aromatic rings. The maximum Gasteiger partial charge on any atom is 0.269 e. The van der Waals surface area contributed by atoms with Gasteiger partial charge in [-0.2, -0.15) is 0 Å². The summed E-state index contributed by atoms with van der Waals surface area (Å²) in [5, 5.41) is 2.91. The van der Waals surface area contributed by atoms with Crippen molar-refractivity contribution in [3.8, 4) is 0 Å². The third kappa shape index (κ3) is 2.58. The van der Waals surface area contributed by atoms with E-state index in [1.54, 1.807) is 12.3 Å². The highest BCUT2D eigenvalue weighted by molar-refractivity contribution is 5.92. The number of amides is 1. The molecule has 1 aliphatic rings. The van der Waals surface area contributed by atoms with E-state index >= 15 is 0 Å². The summed E-state index contributed by atoms with van der Waals surface area (Å²) in [6.07, 6.45) is 4.05. The lowest BCUT2D eigenvalue weighted by Crippen LogP contribution is -2.29. The van der Waals surface area contributed by atoms with Gasteiger partial charge < -0.3 is 11.1 Å². The number of rotatable bonds is 4. The highest BCUT2D eigenvalue weighted by atomic mass is 16.1. The Labute approximate surface area is 95.3 Å². The van der Waals surface area contributed by atoms with Crippen LogP contribution in [0.15, 0.2) is 18.3 Å². The van der Waals surface area contributed by atoms with E-state index in [-0.39, 0.29) is 5.91 Å². The molecule has 2 rings (SSSR count). The van der Waals surface area contributed by atoms with Gasteiger partial charge in [0.2, 0.25) is 0 Å². The second-order valence-corrected chi connectivity index (χ2v) is 4.75. The van der Waals surface area contributed by atoms with Crippen LogP contribution in [-0.4, -0.2) is 17.4 Å². The molecule has 4 nitrogen and oxygen atoms in total. The molecular formula is C12H17N3O. The van der Waals surface area contributed by atoms with Crippen molar-refractivity contribution in [2.24, 2.45) is 11.1 Å². The highest BCUT2D eigenvalue weighted by Crippen LogP contribution is 2.44. The molecule has 86 valence electrons. The normalized spacial score (nSPS) is 16.9. The fraction of sp³-hybridized carbons (Fsp3) is 0.500. The van der Waals surface area contributed by atoms with Crippen LogP contribution in [0.2, 0.25) is 0 Å². The zero-order valence-electron chi connectivity index (χ0n) is 9.49. The lowest BCUT2D eigenvalue weighted by molar-refractivity contribution is 0.0941. The van der Waals surface area contributed by atoms with Crippen LogP contribution in [0.5, 0.6) is 0 Å². The Kier molecular flexibility index (Phi) is 2.92. The molecule has 1 aliphatic carbocycles. The molecule has 0 spiro atoms. The number of hydrogen-bond acceptors (Lipinski definition) is 3. The van der Waals surface area contributed by atoms with Gasteiger partial charge in [-0.1, -0.05) is 13.0 Å². The molecular weight excluding hydrogens is 202 g/mol. The molecule has 16 heavy (non-hydrogen) atoms. The largest absolute Gasteiger partial charge is 0.350 e. The minimum absolute atomic E-state index is 0.100. The predicted octanol–water partition coefficient (Wildman–Crippen LogP) is 1.07. The van der Waals surface area contributed by atoms with E-state index in [1.807, 2.05) is 6.07 Å². The standard InChI is InChI=1S/C12H17N3O/c1-12(4-5-12)8-15-11(16)10-3-2-9(6-13)7-14-10/h2-3,7H,4-6,8,13H2,1H3,(H,15,16). The summed E-state index contributed by atoms with van der Waals surface area (Å²) in [7, 11) is 0. The first-order chi connectivity index (χ1) is 7.63. The highest BCUT2D eigenvalue weighted by Gasteiger charge is 2.37. The summed E-state index contributed by atoms with van der Waals surface area (Å²) in [5.74, 6) is -0.100. The number of nitrogens with one attached hydrogen (secondary N) is 1. The maximum atomic E-state index is 11.7. The van der Waals surface area contributed by atoms with Gasteiger partial charge in [-0.3, -0.25) is 9.78 Å². The Hall–Kier alpha value is -1.42. The summed E-state index contributed by atoms with van der Waals surface area (Å²) in [4.78, 5) is 15.8. The molecule has 0 bridgehead atoms. The zero-order valence-corrected chi connectivity index (χ0v) is 9.49. The number of aromatic nitrogens is 1. The molecule has 4 heteroatoms. The topological polar surface area (TPSA) is 68.0 Å². The minimum atomic E-state index is -0.100. The molecule has 1 heterocycles. The van der Waals surface area contributed by atoms with Crippen molar-refractivity contribution in [1.29, 1.82) is 0 Å². The van der Waals surface area contributed by atoms with Crippen LogP contribution in [0.3, 0.4) is 0 Å². The number of carbonyl (C=O) groups excluding carboxylic acids is 1. The Bertz CT molecular complexity index is 382. The van der Waals surface area contributed by atoms with Crippen LogP contribution in [-0.2, 0) is 6.54 Å². The fourth-order valence-electron chi connectivity index (χ4n) is 1.45. The molecule has 3 N–H and O–H groups in total. The minimum Gasteiger partial charge on any atom is -0.350 e. The van der Waals surface area contributed by atoms with Gasteiger partial charge in [-0.25, -0.2) is 0 Å². The van der Waals surface area contributed by atoms with Gasteiger partial charge in [0.05, 0.1) is 0 Å². The van der Waals surface area contributed by atoms with E-state index in [4.69, 9.17) is 5.73 Å². The molecule has 0 aliphatic heterocycles. The van der Waals surface area contributed by atoms with E-state index in [0.29, 0.717) is 17.7 Å². The van der Waals surface area contributed by atoms with Crippen molar-refractivity contribution in [3.05, 3.63) is 29.6 Å². The van der Waals surface area contributed by atoms with Crippen LogP contribution in [0.1, 0.15) is 35.8 Å². The Balaban J connectivity index is 1.92. The van der Waals surface area contributed by atoms with Gasteiger partial charge in [-0.15, -0.1) is 0 Å². The van der Waals surface area contributed by atoms with Crippen LogP contribution in [0, 0.1) is 5.41 Å². The van der Waals surface area contributed by atoms with Crippen molar-refractivity contribution in [2.45, 2.75) is 26.3 Å². The van der Waals surface area contributed by atoms with Gasteiger partial charge in [0, 0.05) is 19.3 Å². The number of nitrogens with zero attached hydrogens (tertiary/aromatic N) is 1. The SMILES string of the molecule is CC1(CNC(=O)c2ccc(CN)cn2)CC1. The smallest absolute Gasteiger partial charge is 0.269 e. The van der Waals surface area contributed by atoms with Crippen molar-refractivity contribution >= 4 is 5.91 Å². The van der Waals surface area contributed by atoms with Crippen LogP contribution in [0.25, 0.3) is 0 Å². The molecule has 0 atom stereocenters. The van der Waals surface area contributed by atoms with Crippen molar-refractivity contribution < 1.29 is 4.79 Å². The summed E-state index contributed by atoms with van der Waals surface area (Å²) >= 11 is 0. The van der Waals surface area contributed by atoms with E-state index in [0.717, 1.165) is 12.1 Å². The Morgan fingerprint density at radius 3 is 2.81 bits per heavy atom. The average molecular weight is 219 g/mol. The van der Waals surface area contributed by atoms with E-state index < -0.39 is 0 Å². The van der Waals surface area contributed by atoms with E-state index in [2.05, 4.69) is 17.2 Å². The quantitative estimate of drug-likeness (QED) is 0.796. The van der Waals surface area contributed by atoms with Crippen molar-refractivity contribution in [1.82, 2.24) is 10.3 Å². The van der Waals surface area contributed by atoms with Crippen LogP contribution < -0.4 is 11.1 Å². The maximum absolute atomic E-state index is 11.7. The lowest BCUT2D eigenvalue weighted by Gasteiger charge is -2.09. The average Bonchev–Trinajstić information content (AvgIpc) is 3.05. The Morgan fingerprint density at radius 1 is 1.56 bits per heavy atom. The number of hydrogen-bond donors (Lipinski definition) is 2. The molecule has 1 fully saturated rings. The van der Waals surface area contributed by atoms with Gasteiger partial charge in [0.25, 0.3) is 5.91 Å². The van der Waals surface area contributed by atoms with Gasteiger partial charge in [0.1, 0.15) is 5.69 Å². The van der Waals surface area contributed by atoms with Crippen LogP contribution >= 0.6 is 0 Å². The third-order valence-corrected chi connectivity index (χ3v) is 3.07. The fourth-order valence-corrected chi connectivity index (χ4v) is 1.45. The molecule has 0 unspecified atom stereocenters. The van der Waals surface area contributed by atoms with Crippen molar-refractivity contribution in [2.75, 3.05) is 6.54 Å². The Morgan fingerprint density at radius 2 is 2.31 bits per heavy atom. The first-order valence-corrected chi connectivity index (χ1v) is 5.56. The first-order valence-electron chi connectivity index (χ1n) is 5.56. The third-order valence-electron chi connectivity index (χ3n) is 3.07. The number of pyridine rings is 1. The predicted molar refractivity (Wildman–Crippen MR) is 61.8 cm³/mol. The summed E-state index contributed by atoms with van der Waals surface area (Å²) in [5.41, 5.74) is 7.18. The van der Waals surface area contributed by atoms with Crippen molar-refractivity contribution in [3.63, 3.8) is 0 Å². The molecule has 0 radical (unpaired) electrons. The number of nitrogens with two attached hydrogens (primary N) is 1. The summed E-state index contributed by atoms with van der Waals surface area (Å²) < 4.78 is 0. The molecule has 1 saturated carbocycles. The van der Waals surface area contributed by atoms with E-state index in [9.17, 15) is 4.79 Å².